The zero-order valence-corrected chi connectivity index (χ0v) is 14.4. The van der Waals surface area contributed by atoms with Crippen molar-refractivity contribution in [1.29, 1.82) is 0 Å². The van der Waals surface area contributed by atoms with E-state index in [2.05, 4.69) is 41.4 Å². The highest BCUT2D eigenvalue weighted by Gasteiger charge is 2.12. The standard InChI is InChI=1S/C18H21ClN2O2/c1-13-4-7-15(8-5-13)21(2)11-10-20-18(22)16-12-14(19)6-9-17(16)23-3/h4-9,12H,10-11H2,1-3H3,(H,20,22). The zero-order valence-electron chi connectivity index (χ0n) is 13.6. The number of halogens is 1. The number of aryl methyl sites for hydroxylation is 1. The average Bonchev–Trinajstić information content (AvgIpc) is 2.55. The number of hydrogen-bond donors (Lipinski definition) is 1. The van der Waals surface area contributed by atoms with E-state index >= 15 is 0 Å². The first-order valence-corrected chi connectivity index (χ1v) is 7.78. The normalized spacial score (nSPS) is 10.3. The fourth-order valence-electron chi connectivity index (χ4n) is 2.22. The lowest BCUT2D eigenvalue weighted by atomic mass is 10.2. The van der Waals surface area contributed by atoms with Crippen LogP contribution in [0.15, 0.2) is 42.5 Å². The molecule has 23 heavy (non-hydrogen) atoms. The number of carbonyl (C=O) groups excluding carboxylic acids is 1. The van der Waals surface area contributed by atoms with E-state index in [1.807, 2.05) is 7.05 Å². The highest BCUT2D eigenvalue weighted by atomic mass is 35.5. The lowest BCUT2D eigenvalue weighted by molar-refractivity contribution is 0.0951. The number of nitrogens with one attached hydrogen (secondary N) is 1. The van der Waals surface area contributed by atoms with Gasteiger partial charge in [-0.3, -0.25) is 4.79 Å². The Balaban J connectivity index is 1.92. The molecule has 0 radical (unpaired) electrons. The summed E-state index contributed by atoms with van der Waals surface area (Å²) in [5.74, 6) is 0.320. The van der Waals surface area contributed by atoms with E-state index in [0.29, 0.717) is 29.4 Å². The van der Waals surface area contributed by atoms with E-state index < -0.39 is 0 Å². The van der Waals surface area contributed by atoms with Crippen LogP contribution in [0.1, 0.15) is 15.9 Å². The van der Waals surface area contributed by atoms with Gasteiger partial charge in [0, 0.05) is 30.8 Å². The van der Waals surface area contributed by atoms with Gasteiger partial charge < -0.3 is 15.0 Å². The number of likely N-dealkylation sites (N-methyl/N-ethyl adjacent to an activating group) is 1. The Morgan fingerprint density at radius 2 is 1.91 bits per heavy atom. The van der Waals surface area contributed by atoms with Crippen LogP contribution in [-0.2, 0) is 0 Å². The summed E-state index contributed by atoms with van der Waals surface area (Å²) in [6.07, 6.45) is 0. The number of carbonyl (C=O) groups is 1. The smallest absolute Gasteiger partial charge is 0.255 e. The molecule has 2 rings (SSSR count). The maximum absolute atomic E-state index is 12.3. The number of anilines is 1. The van der Waals surface area contributed by atoms with Crippen LogP contribution < -0.4 is 15.0 Å². The second kappa shape index (κ2) is 7.88. The second-order valence-corrected chi connectivity index (χ2v) is 5.79. The highest BCUT2D eigenvalue weighted by molar-refractivity contribution is 6.31. The number of hydrogen-bond acceptors (Lipinski definition) is 3. The van der Waals surface area contributed by atoms with E-state index in [9.17, 15) is 4.79 Å². The minimum absolute atomic E-state index is 0.193. The number of nitrogens with zero attached hydrogens (tertiary/aromatic N) is 1. The summed E-state index contributed by atoms with van der Waals surface area (Å²) in [5, 5.41) is 3.40. The Hall–Kier alpha value is -2.20. The minimum Gasteiger partial charge on any atom is -0.496 e. The van der Waals surface area contributed by atoms with Gasteiger partial charge in [-0.2, -0.15) is 0 Å². The summed E-state index contributed by atoms with van der Waals surface area (Å²) in [6.45, 7) is 3.29. The number of rotatable bonds is 6. The van der Waals surface area contributed by atoms with Gasteiger partial charge >= 0.3 is 0 Å². The van der Waals surface area contributed by atoms with Gasteiger partial charge in [-0.05, 0) is 37.3 Å². The van der Waals surface area contributed by atoms with Gasteiger partial charge in [0.1, 0.15) is 5.75 Å². The van der Waals surface area contributed by atoms with Gasteiger partial charge in [0.15, 0.2) is 0 Å². The molecule has 4 nitrogen and oxygen atoms in total. The van der Waals surface area contributed by atoms with Crippen LogP contribution in [-0.4, -0.2) is 33.2 Å². The largest absolute Gasteiger partial charge is 0.496 e. The molecule has 1 N–H and O–H groups in total. The molecule has 0 aromatic heterocycles. The average molecular weight is 333 g/mol. The molecule has 122 valence electrons. The van der Waals surface area contributed by atoms with Crippen molar-refractivity contribution in [2.45, 2.75) is 6.92 Å². The number of benzene rings is 2. The summed E-state index contributed by atoms with van der Waals surface area (Å²) in [5.41, 5.74) is 2.78. The second-order valence-electron chi connectivity index (χ2n) is 5.36. The first-order chi connectivity index (χ1) is 11.0. The van der Waals surface area contributed by atoms with E-state index in [1.165, 1.54) is 12.7 Å². The fourth-order valence-corrected chi connectivity index (χ4v) is 2.39. The van der Waals surface area contributed by atoms with Crippen LogP contribution in [0.25, 0.3) is 0 Å². The van der Waals surface area contributed by atoms with Crippen molar-refractivity contribution in [2.75, 3.05) is 32.1 Å². The third kappa shape index (κ3) is 4.63. The molecule has 0 fully saturated rings. The molecular formula is C18H21ClN2O2. The summed E-state index contributed by atoms with van der Waals surface area (Å²) < 4.78 is 5.20. The molecule has 0 unspecified atom stereocenters. The monoisotopic (exact) mass is 332 g/mol. The van der Waals surface area contributed by atoms with Crippen LogP contribution in [0.4, 0.5) is 5.69 Å². The van der Waals surface area contributed by atoms with Crippen LogP contribution in [0.2, 0.25) is 5.02 Å². The Labute approximate surface area is 142 Å². The van der Waals surface area contributed by atoms with Crippen molar-refractivity contribution in [1.82, 2.24) is 5.32 Å². The lowest BCUT2D eigenvalue weighted by Gasteiger charge is -2.20. The van der Waals surface area contributed by atoms with Crippen LogP contribution in [0.3, 0.4) is 0 Å². The molecule has 0 atom stereocenters. The predicted molar refractivity (Wildman–Crippen MR) is 94.8 cm³/mol. The van der Waals surface area contributed by atoms with Crippen molar-refractivity contribution in [2.24, 2.45) is 0 Å². The molecule has 0 aliphatic rings. The van der Waals surface area contributed by atoms with E-state index in [-0.39, 0.29) is 5.91 Å². The lowest BCUT2D eigenvalue weighted by Crippen LogP contribution is -2.33. The summed E-state index contributed by atoms with van der Waals surface area (Å²) in [6, 6.07) is 13.3. The molecule has 1 amide bonds. The number of methoxy groups -OCH3 is 1. The molecule has 0 saturated heterocycles. The molecule has 5 heteroatoms. The summed E-state index contributed by atoms with van der Waals surface area (Å²) in [4.78, 5) is 14.4. The van der Waals surface area contributed by atoms with Gasteiger partial charge in [0.25, 0.3) is 5.91 Å². The molecular weight excluding hydrogens is 312 g/mol. The van der Waals surface area contributed by atoms with Gasteiger partial charge in [0.2, 0.25) is 0 Å². The van der Waals surface area contributed by atoms with E-state index in [4.69, 9.17) is 16.3 Å². The summed E-state index contributed by atoms with van der Waals surface area (Å²) in [7, 11) is 3.53. The molecule has 0 spiro atoms. The van der Waals surface area contributed by atoms with Gasteiger partial charge in [-0.25, -0.2) is 0 Å². The van der Waals surface area contributed by atoms with Crippen LogP contribution >= 0.6 is 11.6 Å². The third-order valence-electron chi connectivity index (χ3n) is 3.61. The van der Waals surface area contributed by atoms with Crippen molar-refractivity contribution in [3.8, 4) is 5.75 Å². The molecule has 0 saturated carbocycles. The predicted octanol–water partition coefficient (Wildman–Crippen LogP) is 3.52. The molecule has 0 bridgehead atoms. The Bertz CT molecular complexity index is 671. The van der Waals surface area contributed by atoms with E-state index in [1.54, 1.807) is 18.2 Å². The Morgan fingerprint density at radius 1 is 1.22 bits per heavy atom. The molecule has 2 aromatic rings. The van der Waals surface area contributed by atoms with Crippen LogP contribution in [0, 0.1) is 6.92 Å². The maximum Gasteiger partial charge on any atom is 0.255 e. The quantitative estimate of drug-likeness (QED) is 0.880. The fraction of sp³-hybridized carbons (Fsp3) is 0.278. The Kier molecular flexibility index (Phi) is 5.88. The first kappa shape index (κ1) is 17.2. The van der Waals surface area contributed by atoms with Crippen molar-refractivity contribution in [3.05, 3.63) is 58.6 Å². The van der Waals surface area contributed by atoms with Crippen molar-refractivity contribution < 1.29 is 9.53 Å². The molecule has 2 aromatic carbocycles. The van der Waals surface area contributed by atoms with Gasteiger partial charge in [-0.1, -0.05) is 29.3 Å². The SMILES string of the molecule is COc1ccc(Cl)cc1C(=O)NCCN(C)c1ccc(C)cc1. The minimum atomic E-state index is -0.193. The topological polar surface area (TPSA) is 41.6 Å². The zero-order chi connectivity index (χ0) is 16.8. The van der Waals surface area contributed by atoms with E-state index in [0.717, 1.165) is 5.69 Å². The number of ether oxygens (including phenoxy) is 1. The third-order valence-corrected chi connectivity index (χ3v) is 3.85. The van der Waals surface area contributed by atoms with Crippen molar-refractivity contribution in [3.63, 3.8) is 0 Å². The van der Waals surface area contributed by atoms with Gasteiger partial charge in [-0.15, -0.1) is 0 Å². The highest BCUT2D eigenvalue weighted by Crippen LogP contribution is 2.22. The first-order valence-electron chi connectivity index (χ1n) is 7.41. The molecule has 0 aliphatic carbocycles. The molecule has 0 aliphatic heterocycles. The van der Waals surface area contributed by atoms with Gasteiger partial charge in [0.05, 0.1) is 12.7 Å². The Morgan fingerprint density at radius 3 is 2.57 bits per heavy atom. The summed E-state index contributed by atoms with van der Waals surface area (Å²) >= 11 is 5.95. The number of amides is 1. The van der Waals surface area contributed by atoms with Crippen molar-refractivity contribution >= 4 is 23.2 Å². The maximum atomic E-state index is 12.3. The van der Waals surface area contributed by atoms with Crippen LogP contribution in [0.5, 0.6) is 5.75 Å². The molecule has 0 heterocycles.